The lowest BCUT2D eigenvalue weighted by molar-refractivity contribution is 0.852. The highest BCUT2D eigenvalue weighted by molar-refractivity contribution is 6.32. The minimum atomic E-state index is 0.516. The molecule has 1 aromatic carbocycles. The summed E-state index contributed by atoms with van der Waals surface area (Å²) >= 11 is 12.4. The summed E-state index contributed by atoms with van der Waals surface area (Å²) < 4.78 is 0. The standard InChI is InChI=1S/C16H16Cl2N2/c1-10-7-14(18)15(20-8-10)9-19-12(3)16-11(2)5-4-6-13(16)17/h4-8,19H,3,9H2,1-2H3. The van der Waals surface area contributed by atoms with Crippen molar-refractivity contribution < 1.29 is 0 Å². The average molecular weight is 307 g/mol. The van der Waals surface area contributed by atoms with Gasteiger partial charge in [0.15, 0.2) is 0 Å². The van der Waals surface area contributed by atoms with Crippen molar-refractivity contribution in [1.82, 2.24) is 10.3 Å². The number of pyridine rings is 1. The van der Waals surface area contributed by atoms with Gasteiger partial charge >= 0.3 is 0 Å². The minimum Gasteiger partial charge on any atom is -0.379 e. The van der Waals surface area contributed by atoms with Gasteiger partial charge in [0, 0.05) is 17.5 Å². The van der Waals surface area contributed by atoms with Crippen molar-refractivity contribution in [3.63, 3.8) is 0 Å². The van der Waals surface area contributed by atoms with Crippen LogP contribution >= 0.6 is 23.2 Å². The molecular formula is C16H16Cl2N2. The first-order valence-electron chi connectivity index (χ1n) is 6.28. The predicted octanol–water partition coefficient (Wildman–Crippen LogP) is 4.77. The van der Waals surface area contributed by atoms with Crippen molar-refractivity contribution in [3.8, 4) is 0 Å². The van der Waals surface area contributed by atoms with Crippen LogP contribution in [0.4, 0.5) is 0 Å². The van der Waals surface area contributed by atoms with Gasteiger partial charge in [0.25, 0.3) is 0 Å². The Morgan fingerprint density at radius 3 is 2.65 bits per heavy atom. The van der Waals surface area contributed by atoms with E-state index in [1.165, 1.54) is 0 Å². The van der Waals surface area contributed by atoms with Crippen LogP contribution in [0.2, 0.25) is 10.0 Å². The fraction of sp³-hybridized carbons (Fsp3) is 0.188. The minimum absolute atomic E-state index is 0.516. The molecule has 20 heavy (non-hydrogen) atoms. The summed E-state index contributed by atoms with van der Waals surface area (Å²) in [5, 5.41) is 4.57. The van der Waals surface area contributed by atoms with Crippen LogP contribution in [-0.4, -0.2) is 4.98 Å². The van der Waals surface area contributed by atoms with Crippen LogP contribution in [0.1, 0.15) is 22.4 Å². The topological polar surface area (TPSA) is 24.9 Å². The zero-order valence-corrected chi connectivity index (χ0v) is 13.0. The summed E-state index contributed by atoms with van der Waals surface area (Å²) in [6.07, 6.45) is 1.80. The van der Waals surface area contributed by atoms with Crippen LogP contribution in [-0.2, 0) is 6.54 Å². The van der Waals surface area contributed by atoms with Crippen LogP contribution < -0.4 is 5.32 Å². The predicted molar refractivity (Wildman–Crippen MR) is 86.0 cm³/mol. The Kier molecular flexibility index (Phi) is 4.69. The highest BCUT2D eigenvalue weighted by Crippen LogP contribution is 2.25. The molecule has 4 heteroatoms. The van der Waals surface area contributed by atoms with Gasteiger partial charge < -0.3 is 5.32 Å². The summed E-state index contributed by atoms with van der Waals surface area (Å²) in [6.45, 7) is 8.52. The summed E-state index contributed by atoms with van der Waals surface area (Å²) in [7, 11) is 0. The number of benzene rings is 1. The third-order valence-corrected chi connectivity index (χ3v) is 3.69. The van der Waals surface area contributed by atoms with Crippen LogP contribution in [0.3, 0.4) is 0 Å². The van der Waals surface area contributed by atoms with E-state index in [0.717, 1.165) is 28.1 Å². The number of halogens is 2. The molecule has 0 amide bonds. The van der Waals surface area contributed by atoms with Crippen molar-refractivity contribution in [1.29, 1.82) is 0 Å². The van der Waals surface area contributed by atoms with E-state index in [9.17, 15) is 0 Å². The maximum absolute atomic E-state index is 6.22. The number of aromatic nitrogens is 1. The lowest BCUT2D eigenvalue weighted by Gasteiger charge is -2.14. The largest absolute Gasteiger partial charge is 0.379 e. The molecule has 0 radical (unpaired) electrons. The van der Waals surface area contributed by atoms with E-state index in [1.54, 1.807) is 6.20 Å². The van der Waals surface area contributed by atoms with Crippen LogP contribution in [0.25, 0.3) is 5.70 Å². The molecule has 2 aromatic rings. The molecule has 0 atom stereocenters. The summed E-state index contributed by atoms with van der Waals surface area (Å²) in [6, 6.07) is 7.68. The summed E-state index contributed by atoms with van der Waals surface area (Å²) in [4.78, 5) is 4.32. The Bertz CT molecular complexity index is 631. The maximum Gasteiger partial charge on any atom is 0.0780 e. The molecule has 0 aliphatic rings. The third-order valence-electron chi connectivity index (χ3n) is 3.05. The Labute approximate surface area is 129 Å². The van der Waals surface area contributed by atoms with Crippen molar-refractivity contribution >= 4 is 28.9 Å². The Hall–Kier alpha value is -1.51. The van der Waals surface area contributed by atoms with Gasteiger partial charge in [-0.2, -0.15) is 0 Å². The average Bonchev–Trinajstić information content (AvgIpc) is 2.37. The van der Waals surface area contributed by atoms with E-state index in [1.807, 2.05) is 38.1 Å². The zero-order chi connectivity index (χ0) is 14.7. The Balaban J connectivity index is 2.13. The molecule has 0 fully saturated rings. The van der Waals surface area contributed by atoms with Crippen LogP contribution in [0, 0.1) is 13.8 Å². The van der Waals surface area contributed by atoms with Gasteiger partial charge in [0.2, 0.25) is 0 Å². The van der Waals surface area contributed by atoms with E-state index in [4.69, 9.17) is 23.2 Å². The lowest BCUT2D eigenvalue weighted by atomic mass is 10.1. The maximum atomic E-state index is 6.22. The summed E-state index contributed by atoms with van der Waals surface area (Å²) in [5.41, 5.74) is 4.62. The smallest absolute Gasteiger partial charge is 0.0780 e. The van der Waals surface area contributed by atoms with E-state index >= 15 is 0 Å². The second-order valence-corrected chi connectivity index (χ2v) is 5.52. The molecule has 1 aromatic heterocycles. The monoisotopic (exact) mass is 306 g/mol. The molecule has 0 aliphatic heterocycles. The van der Waals surface area contributed by atoms with E-state index in [2.05, 4.69) is 16.9 Å². The SMILES string of the molecule is C=C(NCc1ncc(C)cc1Cl)c1c(C)cccc1Cl. The number of rotatable bonds is 4. The van der Waals surface area contributed by atoms with Gasteiger partial charge in [-0.3, -0.25) is 4.98 Å². The molecule has 1 heterocycles. The zero-order valence-electron chi connectivity index (χ0n) is 11.5. The second kappa shape index (κ2) is 6.29. The fourth-order valence-corrected chi connectivity index (χ4v) is 2.61. The van der Waals surface area contributed by atoms with Crippen molar-refractivity contribution in [2.45, 2.75) is 20.4 Å². The number of hydrogen-bond acceptors (Lipinski definition) is 2. The van der Waals surface area contributed by atoms with Gasteiger partial charge in [-0.25, -0.2) is 0 Å². The van der Waals surface area contributed by atoms with Crippen molar-refractivity contribution in [2.24, 2.45) is 0 Å². The van der Waals surface area contributed by atoms with Crippen molar-refractivity contribution in [3.05, 3.63) is 69.5 Å². The lowest BCUT2D eigenvalue weighted by Crippen LogP contribution is -2.13. The molecule has 0 saturated carbocycles. The van der Waals surface area contributed by atoms with Gasteiger partial charge in [-0.15, -0.1) is 0 Å². The van der Waals surface area contributed by atoms with Crippen molar-refractivity contribution in [2.75, 3.05) is 0 Å². The van der Waals surface area contributed by atoms with E-state index in [0.29, 0.717) is 16.6 Å². The van der Waals surface area contributed by atoms with E-state index in [-0.39, 0.29) is 0 Å². The number of nitrogens with zero attached hydrogens (tertiary/aromatic N) is 1. The Morgan fingerprint density at radius 2 is 2.00 bits per heavy atom. The van der Waals surface area contributed by atoms with Gasteiger partial charge in [0.05, 0.1) is 22.3 Å². The molecule has 2 rings (SSSR count). The molecule has 1 N–H and O–H groups in total. The molecule has 0 saturated heterocycles. The molecule has 104 valence electrons. The molecule has 0 bridgehead atoms. The molecular weight excluding hydrogens is 291 g/mol. The normalized spacial score (nSPS) is 10.4. The molecule has 0 spiro atoms. The van der Waals surface area contributed by atoms with Crippen LogP contribution in [0.15, 0.2) is 37.0 Å². The quantitative estimate of drug-likeness (QED) is 0.880. The van der Waals surface area contributed by atoms with Gasteiger partial charge in [-0.1, -0.05) is 41.9 Å². The number of nitrogens with one attached hydrogen (secondary N) is 1. The Morgan fingerprint density at radius 1 is 1.25 bits per heavy atom. The third kappa shape index (κ3) is 3.33. The number of aryl methyl sites for hydroxylation is 2. The molecule has 0 aliphatic carbocycles. The first-order valence-corrected chi connectivity index (χ1v) is 7.04. The first kappa shape index (κ1) is 14.9. The summed E-state index contributed by atoms with van der Waals surface area (Å²) in [5.74, 6) is 0. The number of hydrogen-bond donors (Lipinski definition) is 1. The van der Waals surface area contributed by atoms with Gasteiger partial charge in [0.1, 0.15) is 0 Å². The van der Waals surface area contributed by atoms with Gasteiger partial charge in [-0.05, 0) is 37.1 Å². The van der Waals surface area contributed by atoms with Crippen LogP contribution in [0.5, 0.6) is 0 Å². The fourth-order valence-electron chi connectivity index (χ4n) is 1.98. The highest BCUT2D eigenvalue weighted by Gasteiger charge is 2.09. The second-order valence-electron chi connectivity index (χ2n) is 4.71. The molecule has 2 nitrogen and oxygen atoms in total. The van der Waals surface area contributed by atoms with E-state index < -0.39 is 0 Å². The first-order chi connectivity index (χ1) is 9.49. The highest BCUT2D eigenvalue weighted by atomic mass is 35.5. The molecule has 0 unspecified atom stereocenters.